The van der Waals surface area contributed by atoms with Crippen LogP contribution in [0.15, 0.2) is 64.6 Å². The molecule has 0 unspecified atom stereocenters. The van der Waals surface area contributed by atoms with E-state index in [1.807, 2.05) is 0 Å². The summed E-state index contributed by atoms with van der Waals surface area (Å²) in [6.45, 7) is 0. The molecule has 0 atom stereocenters. The number of phenolic OH excluding ortho intramolecular Hbond substituents is 1. The van der Waals surface area contributed by atoms with Gasteiger partial charge in [-0.15, -0.1) is 0 Å². The fraction of sp³-hybridized carbons (Fsp3) is 0. The molecule has 3 rings (SSSR count). The van der Waals surface area contributed by atoms with Gasteiger partial charge in [0, 0.05) is 23.4 Å². The number of amides is 1. The smallest absolute Gasteiger partial charge is 0.288 e. The second-order valence-corrected chi connectivity index (χ2v) is 6.20. The molecule has 1 amide bonds. The number of nitrogens with zero attached hydrogens (tertiary/aromatic N) is 2. The summed E-state index contributed by atoms with van der Waals surface area (Å²) in [6, 6.07) is 14.9. The highest BCUT2D eigenvalue weighted by molar-refractivity contribution is 6.32. The number of carbonyl (C=O) groups excluding carboxylic acids is 1. The Morgan fingerprint density at radius 3 is 2.59 bits per heavy atom. The molecule has 0 fully saturated rings. The van der Waals surface area contributed by atoms with E-state index >= 15 is 0 Å². The molecule has 0 radical (unpaired) electrons. The van der Waals surface area contributed by atoms with Gasteiger partial charge in [-0.2, -0.15) is 5.26 Å². The van der Waals surface area contributed by atoms with E-state index < -0.39 is 10.8 Å². The molecule has 144 valence electrons. The SMILES string of the molecule is N#C/C(=C\c1ccc(-c2ccc(Cl)c([N+](=O)[O-])c2)o1)C(=O)Nc1ccc(O)cc1. The van der Waals surface area contributed by atoms with Crippen molar-refractivity contribution >= 4 is 35.0 Å². The van der Waals surface area contributed by atoms with Crippen LogP contribution in [0.5, 0.6) is 5.75 Å². The molecule has 3 aromatic rings. The van der Waals surface area contributed by atoms with Crippen molar-refractivity contribution < 1.29 is 19.2 Å². The normalized spacial score (nSPS) is 11.0. The first kappa shape index (κ1) is 19.7. The third kappa shape index (κ3) is 4.61. The van der Waals surface area contributed by atoms with Gasteiger partial charge < -0.3 is 14.8 Å². The monoisotopic (exact) mass is 409 g/mol. The van der Waals surface area contributed by atoms with E-state index in [-0.39, 0.29) is 27.8 Å². The van der Waals surface area contributed by atoms with Crippen LogP contribution < -0.4 is 5.32 Å². The maximum Gasteiger partial charge on any atom is 0.288 e. The van der Waals surface area contributed by atoms with Crippen LogP contribution in [-0.4, -0.2) is 15.9 Å². The first-order valence-corrected chi connectivity index (χ1v) is 8.51. The van der Waals surface area contributed by atoms with Crippen molar-refractivity contribution in [2.24, 2.45) is 0 Å². The van der Waals surface area contributed by atoms with Crippen molar-refractivity contribution in [2.75, 3.05) is 5.32 Å². The van der Waals surface area contributed by atoms with E-state index in [0.717, 1.165) is 0 Å². The predicted octanol–water partition coefficient (Wildman–Crippen LogP) is 4.76. The van der Waals surface area contributed by atoms with Crippen molar-refractivity contribution in [3.05, 3.63) is 81.1 Å². The zero-order valence-electron chi connectivity index (χ0n) is 14.6. The van der Waals surface area contributed by atoms with Crippen LogP contribution >= 0.6 is 11.6 Å². The molecule has 0 aliphatic carbocycles. The number of aromatic hydroxyl groups is 1. The maximum absolute atomic E-state index is 12.3. The quantitative estimate of drug-likeness (QED) is 0.205. The Morgan fingerprint density at radius 1 is 1.21 bits per heavy atom. The lowest BCUT2D eigenvalue weighted by atomic mass is 10.1. The number of phenols is 1. The molecule has 29 heavy (non-hydrogen) atoms. The number of nitriles is 1. The number of halogens is 1. The topological polar surface area (TPSA) is 129 Å². The maximum atomic E-state index is 12.3. The number of rotatable bonds is 5. The summed E-state index contributed by atoms with van der Waals surface area (Å²) in [5.41, 5.74) is 0.361. The van der Waals surface area contributed by atoms with Gasteiger partial charge in [-0.3, -0.25) is 14.9 Å². The number of nitrogens with one attached hydrogen (secondary N) is 1. The molecule has 2 aromatic carbocycles. The zero-order valence-corrected chi connectivity index (χ0v) is 15.4. The molecule has 0 bridgehead atoms. The zero-order chi connectivity index (χ0) is 21.0. The minimum absolute atomic E-state index is 0.00286. The third-order valence-corrected chi connectivity index (χ3v) is 4.15. The van der Waals surface area contributed by atoms with Crippen LogP contribution in [0.4, 0.5) is 11.4 Å². The van der Waals surface area contributed by atoms with Gasteiger partial charge in [-0.05, 0) is 48.5 Å². The Kier molecular flexibility index (Phi) is 5.62. The molecule has 0 spiro atoms. The van der Waals surface area contributed by atoms with Gasteiger partial charge in [0.15, 0.2) is 0 Å². The molecule has 0 saturated heterocycles. The summed E-state index contributed by atoms with van der Waals surface area (Å²) in [5, 5.41) is 32.1. The number of furan rings is 1. The lowest BCUT2D eigenvalue weighted by molar-refractivity contribution is -0.384. The number of hydrogen-bond acceptors (Lipinski definition) is 6. The lowest BCUT2D eigenvalue weighted by Crippen LogP contribution is -2.13. The van der Waals surface area contributed by atoms with Crippen LogP contribution in [0.1, 0.15) is 5.76 Å². The number of anilines is 1. The molecule has 0 aliphatic rings. The average Bonchev–Trinajstić information content (AvgIpc) is 3.16. The number of benzene rings is 2. The third-order valence-electron chi connectivity index (χ3n) is 3.83. The van der Waals surface area contributed by atoms with Gasteiger partial charge in [-0.25, -0.2) is 0 Å². The summed E-state index contributed by atoms with van der Waals surface area (Å²) in [5.74, 6) is -0.0786. The summed E-state index contributed by atoms with van der Waals surface area (Å²) < 4.78 is 5.59. The van der Waals surface area contributed by atoms with Crippen LogP contribution in [-0.2, 0) is 4.79 Å². The van der Waals surface area contributed by atoms with Gasteiger partial charge in [-0.1, -0.05) is 11.6 Å². The summed E-state index contributed by atoms with van der Waals surface area (Å²) >= 11 is 5.81. The highest BCUT2D eigenvalue weighted by atomic mass is 35.5. The van der Waals surface area contributed by atoms with Crippen LogP contribution in [0.3, 0.4) is 0 Å². The lowest BCUT2D eigenvalue weighted by Gasteiger charge is -2.03. The Bertz CT molecular complexity index is 1160. The Morgan fingerprint density at radius 2 is 1.93 bits per heavy atom. The minimum atomic E-state index is -0.654. The summed E-state index contributed by atoms with van der Waals surface area (Å²) in [7, 11) is 0. The molecule has 8 nitrogen and oxygen atoms in total. The fourth-order valence-corrected chi connectivity index (χ4v) is 2.61. The number of nitro benzene ring substituents is 1. The Balaban J connectivity index is 1.83. The van der Waals surface area contributed by atoms with Crippen LogP contribution in [0.2, 0.25) is 5.02 Å². The fourth-order valence-electron chi connectivity index (χ4n) is 2.43. The molecule has 2 N–H and O–H groups in total. The van der Waals surface area contributed by atoms with Crippen LogP contribution in [0.25, 0.3) is 17.4 Å². The number of carbonyl (C=O) groups is 1. The van der Waals surface area contributed by atoms with E-state index in [0.29, 0.717) is 17.0 Å². The van der Waals surface area contributed by atoms with Gasteiger partial charge in [0.1, 0.15) is 33.9 Å². The second-order valence-electron chi connectivity index (χ2n) is 5.80. The summed E-state index contributed by atoms with van der Waals surface area (Å²) in [4.78, 5) is 22.7. The van der Waals surface area contributed by atoms with Crippen molar-refractivity contribution in [3.8, 4) is 23.1 Å². The van der Waals surface area contributed by atoms with Gasteiger partial charge >= 0.3 is 0 Å². The molecule has 9 heteroatoms. The predicted molar refractivity (Wildman–Crippen MR) is 106 cm³/mol. The Hall–Kier alpha value is -4.09. The number of nitro groups is 1. The molecule has 0 aliphatic heterocycles. The second kappa shape index (κ2) is 8.29. The highest BCUT2D eigenvalue weighted by Crippen LogP contribution is 2.31. The van der Waals surface area contributed by atoms with Gasteiger partial charge in [0.2, 0.25) is 0 Å². The molecular formula is C20H12ClN3O5. The highest BCUT2D eigenvalue weighted by Gasteiger charge is 2.16. The Labute approximate surface area is 169 Å². The van der Waals surface area contributed by atoms with Crippen molar-refractivity contribution in [3.63, 3.8) is 0 Å². The first-order chi connectivity index (χ1) is 13.9. The molecule has 0 saturated carbocycles. The van der Waals surface area contributed by atoms with Crippen molar-refractivity contribution in [2.45, 2.75) is 0 Å². The van der Waals surface area contributed by atoms with E-state index in [9.17, 15) is 25.3 Å². The van der Waals surface area contributed by atoms with E-state index in [1.165, 1.54) is 48.5 Å². The molecule has 1 heterocycles. The van der Waals surface area contributed by atoms with E-state index in [1.54, 1.807) is 18.2 Å². The van der Waals surface area contributed by atoms with Gasteiger partial charge in [0.25, 0.3) is 11.6 Å². The molecule has 1 aromatic heterocycles. The van der Waals surface area contributed by atoms with Crippen molar-refractivity contribution in [1.82, 2.24) is 0 Å². The number of hydrogen-bond donors (Lipinski definition) is 2. The molecular weight excluding hydrogens is 398 g/mol. The van der Waals surface area contributed by atoms with E-state index in [4.69, 9.17) is 16.0 Å². The first-order valence-electron chi connectivity index (χ1n) is 8.13. The van der Waals surface area contributed by atoms with Crippen molar-refractivity contribution in [1.29, 1.82) is 5.26 Å². The minimum Gasteiger partial charge on any atom is -0.508 e. The average molecular weight is 410 g/mol. The van der Waals surface area contributed by atoms with Crippen LogP contribution in [0, 0.1) is 21.4 Å². The summed E-state index contributed by atoms with van der Waals surface area (Å²) in [6.07, 6.45) is 1.25. The largest absolute Gasteiger partial charge is 0.508 e. The van der Waals surface area contributed by atoms with E-state index in [2.05, 4.69) is 5.32 Å². The van der Waals surface area contributed by atoms with Gasteiger partial charge in [0.05, 0.1) is 4.92 Å². The standard InChI is InChI=1S/C20H12ClN3O5/c21-17-7-1-12(10-18(17)24(27)28)19-8-6-16(29-19)9-13(11-22)20(26)23-14-2-4-15(25)5-3-14/h1-10,25H,(H,23,26)/b13-9+.